The first-order valence-electron chi connectivity index (χ1n) is 6.13. The molecule has 0 saturated carbocycles. The SMILES string of the molecule is COc1cc(C(=O)NC(C)C(C)C)cc(OC)c1Br. The zero-order valence-corrected chi connectivity index (χ0v) is 13.5. The van der Waals surface area contributed by atoms with Crippen molar-refractivity contribution in [1.82, 2.24) is 5.32 Å². The zero-order chi connectivity index (χ0) is 14.6. The Bertz CT molecular complexity index is 435. The maximum absolute atomic E-state index is 12.2. The normalized spacial score (nSPS) is 12.2. The van der Waals surface area contributed by atoms with Crippen LogP contribution in [0.1, 0.15) is 31.1 Å². The highest BCUT2D eigenvalue weighted by Gasteiger charge is 2.17. The largest absolute Gasteiger partial charge is 0.495 e. The fourth-order valence-electron chi connectivity index (χ4n) is 1.46. The van der Waals surface area contributed by atoms with Gasteiger partial charge in [0, 0.05) is 11.6 Å². The van der Waals surface area contributed by atoms with Gasteiger partial charge < -0.3 is 14.8 Å². The van der Waals surface area contributed by atoms with Crippen molar-refractivity contribution < 1.29 is 14.3 Å². The van der Waals surface area contributed by atoms with Crippen LogP contribution in [-0.4, -0.2) is 26.2 Å². The second kappa shape index (κ2) is 6.80. The number of halogens is 1. The van der Waals surface area contributed by atoms with Crippen LogP contribution in [0.3, 0.4) is 0 Å². The van der Waals surface area contributed by atoms with Gasteiger partial charge in [0.25, 0.3) is 5.91 Å². The molecule has 4 nitrogen and oxygen atoms in total. The maximum atomic E-state index is 12.2. The molecule has 1 N–H and O–H groups in total. The van der Waals surface area contributed by atoms with Crippen molar-refractivity contribution in [3.63, 3.8) is 0 Å². The smallest absolute Gasteiger partial charge is 0.251 e. The lowest BCUT2D eigenvalue weighted by atomic mass is 10.1. The zero-order valence-electron chi connectivity index (χ0n) is 11.9. The van der Waals surface area contributed by atoms with Gasteiger partial charge in [0.1, 0.15) is 16.0 Å². The van der Waals surface area contributed by atoms with Crippen LogP contribution in [0.5, 0.6) is 11.5 Å². The molecule has 19 heavy (non-hydrogen) atoms. The van der Waals surface area contributed by atoms with E-state index in [1.165, 1.54) is 0 Å². The minimum Gasteiger partial charge on any atom is -0.495 e. The summed E-state index contributed by atoms with van der Waals surface area (Å²) in [6.45, 7) is 6.11. The van der Waals surface area contributed by atoms with Crippen molar-refractivity contribution in [2.45, 2.75) is 26.8 Å². The third-order valence-electron chi connectivity index (χ3n) is 3.07. The first-order valence-corrected chi connectivity index (χ1v) is 6.92. The van der Waals surface area contributed by atoms with Crippen LogP contribution in [0.15, 0.2) is 16.6 Å². The molecule has 0 saturated heterocycles. The van der Waals surface area contributed by atoms with E-state index in [2.05, 4.69) is 35.1 Å². The molecular formula is C14H20BrNO3. The molecule has 1 amide bonds. The Morgan fingerprint density at radius 1 is 1.16 bits per heavy atom. The minimum absolute atomic E-state index is 0.105. The molecule has 1 aromatic rings. The number of amides is 1. The Morgan fingerprint density at radius 3 is 2.00 bits per heavy atom. The highest BCUT2D eigenvalue weighted by molar-refractivity contribution is 9.10. The first kappa shape index (κ1) is 15.8. The highest BCUT2D eigenvalue weighted by atomic mass is 79.9. The average molecular weight is 330 g/mol. The average Bonchev–Trinajstić information content (AvgIpc) is 2.38. The van der Waals surface area contributed by atoms with Crippen molar-refractivity contribution in [1.29, 1.82) is 0 Å². The molecule has 0 radical (unpaired) electrons. The first-order chi connectivity index (χ1) is 8.90. The fraction of sp³-hybridized carbons (Fsp3) is 0.500. The Labute approximate surface area is 122 Å². The lowest BCUT2D eigenvalue weighted by Crippen LogP contribution is -2.36. The Morgan fingerprint density at radius 2 is 1.63 bits per heavy atom. The number of rotatable bonds is 5. The molecule has 0 aliphatic rings. The van der Waals surface area contributed by atoms with E-state index in [1.54, 1.807) is 26.4 Å². The summed E-state index contributed by atoms with van der Waals surface area (Å²) in [4.78, 5) is 12.2. The molecule has 1 aromatic carbocycles. The van der Waals surface area contributed by atoms with Gasteiger partial charge in [-0.05, 0) is 40.9 Å². The van der Waals surface area contributed by atoms with Crippen LogP contribution in [0.25, 0.3) is 0 Å². The van der Waals surface area contributed by atoms with E-state index < -0.39 is 0 Å². The van der Waals surface area contributed by atoms with Gasteiger partial charge in [-0.15, -0.1) is 0 Å². The van der Waals surface area contributed by atoms with E-state index >= 15 is 0 Å². The Kier molecular flexibility index (Phi) is 5.66. The predicted octanol–water partition coefficient (Wildman–Crippen LogP) is 3.24. The number of carbonyl (C=O) groups is 1. The molecule has 1 rings (SSSR count). The van der Waals surface area contributed by atoms with Crippen molar-refractivity contribution in [2.75, 3.05) is 14.2 Å². The number of hydrogen-bond donors (Lipinski definition) is 1. The second-order valence-corrected chi connectivity index (χ2v) is 5.49. The highest BCUT2D eigenvalue weighted by Crippen LogP contribution is 2.35. The fourth-order valence-corrected chi connectivity index (χ4v) is 2.01. The lowest BCUT2D eigenvalue weighted by molar-refractivity contribution is 0.0929. The molecule has 106 valence electrons. The van der Waals surface area contributed by atoms with Gasteiger partial charge >= 0.3 is 0 Å². The third-order valence-corrected chi connectivity index (χ3v) is 3.85. The lowest BCUT2D eigenvalue weighted by Gasteiger charge is -2.18. The van der Waals surface area contributed by atoms with Crippen molar-refractivity contribution in [2.24, 2.45) is 5.92 Å². The predicted molar refractivity (Wildman–Crippen MR) is 79.0 cm³/mol. The van der Waals surface area contributed by atoms with E-state index in [1.807, 2.05) is 6.92 Å². The molecule has 0 aliphatic carbocycles. The summed E-state index contributed by atoms with van der Waals surface area (Å²) in [6, 6.07) is 3.48. The van der Waals surface area contributed by atoms with Crippen LogP contribution >= 0.6 is 15.9 Å². The van der Waals surface area contributed by atoms with E-state index in [0.29, 0.717) is 27.5 Å². The number of methoxy groups -OCH3 is 2. The van der Waals surface area contributed by atoms with Gasteiger partial charge in [0.2, 0.25) is 0 Å². The van der Waals surface area contributed by atoms with E-state index in [4.69, 9.17) is 9.47 Å². The van der Waals surface area contributed by atoms with Crippen molar-refractivity contribution in [3.8, 4) is 11.5 Å². The molecule has 1 atom stereocenters. The van der Waals surface area contributed by atoms with Crippen LogP contribution in [0.4, 0.5) is 0 Å². The minimum atomic E-state index is -0.134. The number of carbonyl (C=O) groups excluding carboxylic acids is 1. The molecule has 0 aliphatic heterocycles. The summed E-state index contributed by atoms with van der Waals surface area (Å²) in [5.74, 6) is 1.39. The summed E-state index contributed by atoms with van der Waals surface area (Å²) >= 11 is 3.38. The quantitative estimate of drug-likeness (QED) is 0.902. The number of nitrogens with one attached hydrogen (secondary N) is 1. The topological polar surface area (TPSA) is 47.6 Å². The molecule has 0 bridgehead atoms. The molecule has 0 heterocycles. The van der Waals surface area contributed by atoms with Gasteiger partial charge in [-0.1, -0.05) is 13.8 Å². The summed E-state index contributed by atoms with van der Waals surface area (Å²) in [5.41, 5.74) is 0.518. The van der Waals surface area contributed by atoms with E-state index in [0.717, 1.165) is 0 Å². The molecule has 5 heteroatoms. The number of hydrogen-bond acceptors (Lipinski definition) is 3. The number of ether oxygens (including phenoxy) is 2. The molecule has 0 spiro atoms. The molecule has 0 fully saturated rings. The van der Waals surface area contributed by atoms with E-state index in [9.17, 15) is 4.79 Å². The second-order valence-electron chi connectivity index (χ2n) is 4.70. The summed E-state index contributed by atoms with van der Waals surface area (Å²) in [6.07, 6.45) is 0. The molecule has 1 unspecified atom stereocenters. The van der Waals surface area contributed by atoms with Crippen molar-refractivity contribution in [3.05, 3.63) is 22.2 Å². The summed E-state index contributed by atoms with van der Waals surface area (Å²) in [7, 11) is 3.11. The molecule has 0 aromatic heterocycles. The van der Waals surface area contributed by atoms with Crippen LogP contribution < -0.4 is 14.8 Å². The van der Waals surface area contributed by atoms with Gasteiger partial charge in [0.15, 0.2) is 0 Å². The van der Waals surface area contributed by atoms with Gasteiger partial charge in [-0.25, -0.2) is 0 Å². The Hall–Kier alpha value is -1.23. The van der Waals surface area contributed by atoms with Crippen LogP contribution in [0, 0.1) is 5.92 Å². The van der Waals surface area contributed by atoms with Crippen LogP contribution in [0.2, 0.25) is 0 Å². The van der Waals surface area contributed by atoms with Gasteiger partial charge in [0.05, 0.1) is 14.2 Å². The van der Waals surface area contributed by atoms with Gasteiger partial charge in [-0.2, -0.15) is 0 Å². The standard InChI is InChI=1S/C14H20BrNO3/c1-8(2)9(3)16-14(17)10-6-11(18-4)13(15)12(7-10)19-5/h6-9H,1-5H3,(H,16,17). The number of benzene rings is 1. The van der Waals surface area contributed by atoms with Crippen LogP contribution in [-0.2, 0) is 0 Å². The maximum Gasteiger partial charge on any atom is 0.251 e. The monoisotopic (exact) mass is 329 g/mol. The van der Waals surface area contributed by atoms with Crippen molar-refractivity contribution >= 4 is 21.8 Å². The Balaban J connectivity index is 3.03. The summed E-state index contributed by atoms with van der Waals surface area (Å²) in [5, 5.41) is 2.95. The van der Waals surface area contributed by atoms with E-state index in [-0.39, 0.29) is 11.9 Å². The van der Waals surface area contributed by atoms with Gasteiger partial charge in [-0.3, -0.25) is 4.79 Å². The third kappa shape index (κ3) is 3.86. The molecular weight excluding hydrogens is 310 g/mol. The summed E-state index contributed by atoms with van der Waals surface area (Å²) < 4.78 is 11.1.